The topological polar surface area (TPSA) is 24.5 Å². The maximum atomic E-state index is 14.0. The van der Waals surface area contributed by atoms with Crippen LogP contribution >= 0.6 is 0 Å². The van der Waals surface area contributed by atoms with E-state index in [1.807, 2.05) is 4.90 Å². The predicted octanol–water partition coefficient (Wildman–Crippen LogP) is 2.44. The third kappa shape index (κ3) is 3.64. The van der Waals surface area contributed by atoms with E-state index in [0.717, 1.165) is 13.1 Å². The first-order valence-corrected chi connectivity index (χ1v) is 6.68. The number of halogens is 3. The lowest BCUT2D eigenvalue weighted by Crippen LogP contribution is -2.45. The molecule has 1 heterocycles. The van der Waals surface area contributed by atoms with Gasteiger partial charge in [0.15, 0.2) is 0 Å². The molecule has 1 aromatic carbocycles. The summed E-state index contributed by atoms with van der Waals surface area (Å²) in [4.78, 5) is 1.90. The van der Waals surface area contributed by atoms with E-state index in [1.54, 1.807) is 0 Å². The second-order valence-corrected chi connectivity index (χ2v) is 4.82. The number of rotatable bonds is 5. The number of hydrogen-bond acceptors (Lipinski definition) is 3. The van der Waals surface area contributed by atoms with Crippen LogP contribution in [0.3, 0.4) is 0 Å². The molecule has 0 unspecified atom stereocenters. The molecule has 1 saturated heterocycles. The van der Waals surface area contributed by atoms with Crippen LogP contribution in [-0.2, 0) is 0 Å². The molecule has 1 aliphatic heterocycles. The average Bonchev–Trinajstić information content (AvgIpc) is 2.46. The van der Waals surface area contributed by atoms with Gasteiger partial charge in [0.25, 0.3) is 0 Å². The number of piperazine rings is 1. The van der Waals surface area contributed by atoms with Gasteiger partial charge in [0.2, 0.25) is 6.43 Å². The lowest BCUT2D eigenvalue weighted by Gasteiger charge is -2.35. The third-order valence-electron chi connectivity index (χ3n) is 3.56. The van der Waals surface area contributed by atoms with Gasteiger partial charge in [0.1, 0.15) is 11.6 Å². The molecule has 0 aromatic heterocycles. The minimum atomic E-state index is -2.47. The van der Waals surface area contributed by atoms with Gasteiger partial charge in [-0.1, -0.05) is 0 Å². The van der Waals surface area contributed by atoms with E-state index >= 15 is 0 Å². The zero-order valence-corrected chi connectivity index (χ0v) is 11.4. The molecule has 1 aliphatic rings. The summed E-state index contributed by atoms with van der Waals surface area (Å²) in [5.74, 6) is 0.0192. The van der Waals surface area contributed by atoms with Crippen molar-refractivity contribution in [3.8, 4) is 5.75 Å². The highest BCUT2D eigenvalue weighted by atomic mass is 19.3. The van der Waals surface area contributed by atoms with E-state index < -0.39 is 18.3 Å². The molecule has 20 heavy (non-hydrogen) atoms. The Balaban J connectivity index is 2.29. The third-order valence-corrected chi connectivity index (χ3v) is 3.56. The van der Waals surface area contributed by atoms with Gasteiger partial charge in [-0.3, -0.25) is 4.90 Å². The number of hydrogen-bond donors (Lipinski definition) is 1. The van der Waals surface area contributed by atoms with Crippen molar-refractivity contribution in [2.75, 3.05) is 33.3 Å². The zero-order valence-electron chi connectivity index (χ0n) is 11.4. The van der Waals surface area contributed by atoms with Crippen LogP contribution in [0.2, 0.25) is 0 Å². The summed E-state index contributed by atoms with van der Waals surface area (Å²) in [5, 5.41) is 3.16. The van der Waals surface area contributed by atoms with Gasteiger partial charge in [-0.05, 0) is 18.2 Å². The molecule has 0 saturated carbocycles. The monoisotopic (exact) mass is 288 g/mol. The van der Waals surface area contributed by atoms with Crippen LogP contribution in [0.5, 0.6) is 5.75 Å². The summed E-state index contributed by atoms with van der Waals surface area (Å²) < 4.78 is 44.8. The first-order chi connectivity index (χ1) is 9.61. The largest absolute Gasteiger partial charge is 0.497 e. The van der Waals surface area contributed by atoms with Crippen LogP contribution in [0, 0.1) is 5.82 Å². The summed E-state index contributed by atoms with van der Waals surface area (Å²) in [7, 11) is 1.48. The molecule has 1 aromatic rings. The highest BCUT2D eigenvalue weighted by Crippen LogP contribution is 2.31. The Bertz CT molecular complexity index is 436. The van der Waals surface area contributed by atoms with Crippen molar-refractivity contribution in [1.82, 2.24) is 10.2 Å². The minimum Gasteiger partial charge on any atom is -0.497 e. The lowest BCUT2D eigenvalue weighted by molar-refractivity contribution is 0.0724. The van der Waals surface area contributed by atoms with E-state index in [2.05, 4.69) is 5.32 Å². The lowest BCUT2D eigenvalue weighted by atomic mass is 10.00. The Morgan fingerprint density at radius 1 is 1.30 bits per heavy atom. The predicted molar refractivity (Wildman–Crippen MR) is 70.8 cm³/mol. The molecule has 112 valence electrons. The van der Waals surface area contributed by atoms with Gasteiger partial charge in [-0.15, -0.1) is 0 Å². The van der Waals surface area contributed by atoms with Crippen molar-refractivity contribution >= 4 is 0 Å². The maximum absolute atomic E-state index is 14.0. The maximum Gasteiger partial charge on any atom is 0.240 e. The number of nitrogens with one attached hydrogen (secondary N) is 1. The molecule has 1 fully saturated rings. The van der Waals surface area contributed by atoms with E-state index in [1.165, 1.54) is 25.3 Å². The molecule has 2 rings (SSSR count). The van der Waals surface area contributed by atoms with E-state index in [4.69, 9.17) is 4.74 Å². The van der Waals surface area contributed by atoms with Crippen molar-refractivity contribution in [3.05, 3.63) is 29.6 Å². The fraction of sp³-hybridized carbons (Fsp3) is 0.571. The number of nitrogens with zero attached hydrogens (tertiary/aromatic N) is 1. The van der Waals surface area contributed by atoms with Crippen molar-refractivity contribution in [2.24, 2.45) is 0 Å². The zero-order chi connectivity index (χ0) is 14.5. The number of methoxy groups -OCH3 is 1. The van der Waals surface area contributed by atoms with Gasteiger partial charge in [0, 0.05) is 44.2 Å². The van der Waals surface area contributed by atoms with Crippen LogP contribution in [-0.4, -0.2) is 44.6 Å². The second kappa shape index (κ2) is 6.95. The van der Waals surface area contributed by atoms with Crippen molar-refractivity contribution in [3.63, 3.8) is 0 Å². The Kier molecular flexibility index (Phi) is 5.25. The summed E-state index contributed by atoms with van der Waals surface area (Å²) in [5.41, 5.74) is 0.284. The second-order valence-electron chi connectivity index (χ2n) is 4.82. The van der Waals surface area contributed by atoms with Crippen LogP contribution in [0.1, 0.15) is 18.0 Å². The quantitative estimate of drug-likeness (QED) is 0.900. The van der Waals surface area contributed by atoms with Crippen LogP contribution in [0.25, 0.3) is 0 Å². The van der Waals surface area contributed by atoms with Gasteiger partial charge < -0.3 is 10.1 Å². The van der Waals surface area contributed by atoms with Gasteiger partial charge in [-0.2, -0.15) is 0 Å². The standard InChI is InChI=1S/C14H19F3N2O/c1-20-10-2-3-12(15)11(8-10)13(9-14(16)17)19-6-4-18-5-7-19/h2-3,8,13-14,18H,4-7,9H2,1H3/t13-/m0/s1. The van der Waals surface area contributed by atoms with Crippen LogP contribution in [0.15, 0.2) is 18.2 Å². The van der Waals surface area contributed by atoms with E-state index in [-0.39, 0.29) is 12.0 Å². The highest BCUT2D eigenvalue weighted by molar-refractivity contribution is 5.32. The van der Waals surface area contributed by atoms with Crippen molar-refractivity contribution in [1.29, 1.82) is 0 Å². The van der Waals surface area contributed by atoms with Crippen molar-refractivity contribution < 1.29 is 17.9 Å². The molecular weight excluding hydrogens is 269 g/mol. The average molecular weight is 288 g/mol. The molecule has 0 bridgehead atoms. The fourth-order valence-corrected chi connectivity index (χ4v) is 2.54. The summed E-state index contributed by atoms with van der Waals surface area (Å²) in [6.45, 7) is 2.72. The van der Waals surface area contributed by atoms with Gasteiger partial charge >= 0.3 is 0 Å². The van der Waals surface area contributed by atoms with Crippen LogP contribution < -0.4 is 10.1 Å². The summed E-state index contributed by atoms with van der Waals surface area (Å²) in [6.07, 6.45) is -2.84. The normalized spacial score (nSPS) is 18.2. The SMILES string of the molecule is COc1ccc(F)c([C@H](CC(F)F)N2CCNCC2)c1. The molecule has 0 spiro atoms. The molecule has 3 nitrogen and oxygen atoms in total. The first-order valence-electron chi connectivity index (χ1n) is 6.68. The molecule has 0 radical (unpaired) electrons. The highest BCUT2D eigenvalue weighted by Gasteiger charge is 2.27. The van der Waals surface area contributed by atoms with Gasteiger partial charge in [0.05, 0.1) is 7.11 Å². The summed E-state index contributed by atoms with van der Waals surface area (Å²) >= 11 is 0. The molecule has 0 amide bonds. The van der Waals surface area contributed by atoms with Crippen LogP contribution in [0.4, 0.5) is 13.2 Å². The molecule has 6 heteroatoms. The smallest absolute Gasteiger partial charge is 0.240 e. The fourth-order valence-electron chi connectivity index (χ4n) is 2.54. The molecule has 1 atom stereocenters. The van der Waals surface area contributed by atoms with E-state index in [0.29, 0.717) is 18.8 Å². The van der Waals surface area contributed by atoms with E-state index in [9.17, 15) is 13.2 Å². The first kappa shape index (κ1) is 15.1. The minimum absolute atomic E-state index is 0.284. The summed E-state index contributed by atoms with van der Waals surface area (Å²) in [6, 6.07) is 3.67. The van der Waals surface area contributed by atoms with Crippen molar-refractivity contribution in [2.45, 2.75) is 18.9 Å². The number of ether oxygens (including phenoxy) is 1. The Hall–Kier alpha value is -1.27. The molecule has 1 N–H and O–H groups in total. The Labute approximate surface area is 116 Å². The number of alkyl halides is 2. The number of benzene rings is 1. The molecule has 0 aliphatic carbocycles. The Morgan fingerprint density at radius 3 is 2.60 bits per heavy atom. The van der Waals surface area contributed by atoms with Gasteiger partial charge in [-0.25, -0.2) is 13.2 Å². The Morgan fingerprint density at radius 2 is 2.00 bits per heavy atom. The molecular formula is C14H19F3N2O.